The number of carbonyl (C=O) groups is 2. The van der Waals surface area contributed by atoms with Gasteiger partial charge in [0.25, 0.3) is 11.8 Å². The molecule has 5 nitrogen and oxygen atoms in total. The molecule has 3 aliphatic rings. The van der Waals surface area contributed by atoms with Crippen molar-refractivity contribution >= 4 is 67.3 Å². The van der Waals surface area contributed by atoms with Crippen molar-refractivity contribution in [1.82, 2.24) is 4.90 Å². The lowest BCUT2D eigenvalue weighted by Crippen LogP contribution is -2.35. The van der Waals surface area contributed by atoms with Crippen LogP contribution in [0.1, 0.15) is 24.0 Å². The molecule has 0 unspecified atom stereocenters. The van der Waals surface area contributed by atoms with Gasteiger partial charge in [-0.3, -0.25) is 14.5 Å². The standard InChI is InChI=1S/C23H19BrN2O3S2/c24-15-8-9-18-17(11-15)19(21(27)25(18)12-14-5-2-1-3-6-14)20-22(28)26(23(30)31-20)13-16-7-4-10-29-16/h1-3,5-6,8-9,11,16H,4,7,10,12-13H2/b20-19-/t16-/m1/s1. The number of carbonyl (C=O) groups excluding carboxylic acids is 2. The maximum Gasteiger partial charge on any atom is 0.267 e. The lowest BCUT2D eigenvalue weighted by Gasteiger charge is -2.18. The Labute approximate surface area is 198 Å². The number of ether oxygens (including phenoxy) is 1. The highest BCUT2D eigenvalue weighted by Crippen LogP contribution is 2.46. The molecule has 0 N–H and O–H groups in total. The summed E-state index contributed by atoms with van der Waals surface area (Å²) in [7, 11) is 0. The number of anilines is 1. The second kappa shape index (κ2) is 8.50. The van der Waals surface area contributed by atoms with E-state index in [0.29, 0.717) is 27.9 Å². The maximum absolute atomic E-state index is 13.6. The van der Waals surface area contributed by atoms with Gasteiger partial charge in [-0.05, 0) is 36.6 Å². The van der Waals surface area contributed by atoms with Crippen molar-refractivity contribution in [1.29, 1.82) is 0 Å². The van der Waals surface area contributed by atoms with Gasteiger partial charge in [-0.15, -0.1) is 0 Å². The Kier molecular flexibility index (Phi) is 5.73. The van der Waals surface area contributed by atoms with Gasteiger partial charge in [0, 0.05) is 16.6 Å². The fourth-order valence-electron chi connectivity index (χ4n) is 4.14. The number of amides is 2. The zero-order valence-electron chi connectivity index (χ0n) is 16.5. The fraction of sp³-hybridized carbons (Fsp3) is 0.261. The summed E-state index contributed by atoms with van der Waals surface area (Å²) < 4.78 is 7.02. The average Bonchev–Trinajstić information content (AvgIpc) is 3.44. The van der Waals surface area contributed by atoms with Crippen LogP contribution in [-0.2, 0) is 20.9 Å². The largest absolute Gasteiger partial charge is 0.376 e. The fourth-order valence-corrected chi connectivity index (χ4v) is 5.85. The smallest absolute Gasteiger partial charge is 0.267 e. The highest BCUT2D eigenvalue weighted by atomic mass is 79.9. The molecule has 0 aliphatic carbocycles. The third kappa shape index (κ3) is 3.86. The first kappa shape index (κ1) is 20.9. The van der Waals surface area contributed by atoms with Crippen molar-refractivity contribution in [3.63, 3.8) is 0 Å². The van der Waals surface area contributed by atoms with Crippen LogP contribution in [0.15, 0.2) is 57.9 Å². The first-order chi connectivity index (χ1) is 15.0. The molecule has 8 heteroatoms. The number of fused-ring (bicyclic) bond motifs is 1. The molecule has 0 radical (unpaired) electrons. The molecule has 2 aromatic rings. The van der Waals surface area contributed by atoms with E-state index in [1.54, 1.807) is 9.80 Å². The highest BCUT2D eigenvalue weighted by Gasteiger charge is 2.42. The summed E-state index contributed by atoms with van der Waals surface area (Å²) in [6.45, 7) is 1.59. The van der Waals surface area contributed by atoms with Crippen LogP contribution in [-0.4, -0.2) is 40.3 Å². The van der Waals surface area contributed by atoms with Crippen LogP contribution >= 0.6 is 39.9 Å². The van der Waals surface area contributed by atoms with Crippen molar-refractivity contribution in [2.75, 3.05) is 18.1 Å². The van der Waals surface area contributed by atoms with E-state index in [1.807, 2.05) is 48.5 Å². The van der Waals surface area contributed by atoms with E-state index in [1.165, 1.54) is 11.8 Å². The Bertz CT molecular complexity index is 1110. The second-order valence-corrected chi connectivity index (χ2v) is 10.2. The molecule has 31 heavy (non-hydrogen) atoms. The summed E-state index contributed by atoms with van der Waals surface area (Å²) in [6, 6.07) is 15.6. The third-order valence-electron chi connectivity index (χ3n) is 5.65. The van der Waals surface area contributed by atoms with Crippen LogP contribution in [0.4, 0.5) is 5.69 Å². The van der Waals surface area contributed by atoms with Gasteiger partial charge in [-0.25, -0.2) is 0 Å². The number of thiocarbonyl (C=S) groups is 1. The molecular weight excluding hydrogens is 496 g/mol. The number of thioether (sulfide) groups is 1. The molecule has 0 bridgehead atoms. The van der Waals surface area contributed by atoms with Crippen LogP contribution in [0.3, 0.4) is 0 Å². The molecule has 2 saturated heterocycles. The zero-order valence-corrected chi connectivity index (χ0v) is 19.8. The van der Waals surface area contributed by atoms with Gasteiger partial charge < -0.3 is 9.64 Å². The Balaban J connectivity index is 1.53. The minimum Gasteiger partial charge on any atom is -0.376 e. The predicted octanol–water partition coefficient (Wildman–Crippen LogP) is 4.75. The highest BCUT2D eigenvalue weighted by molar-refractivity contribution is 9.10. The lowest BCUT2D eigenvalue weighted by atomic mass is 10.1. The molecule has 2 amide bonds. The number of hydrogen-bond donors (Lipinski definition) is 0. The van der Waals surface area contributed by atoms with Crippen molar-refractivity contribution in [2.24, 2.45) is 0 Å². The normalized spacial score (nSPS) is 23.3. The SMILES string of the molecule is O=C1/C(=C2/C(=O)N(Cc3ccccc3)c3ccc(Br)cc32)SC(=S)N1C[C@H]1CCCO1. The number of hydrogen-bond acceptors (Lipinski definition) is 5. The quantitative estimate of drug-likeness (QED) is 0.435. The van der Waals surface area contributed by atoms with Crippen LogP contribution in [0.5, 0.6) is 0 Å². The molecule has 2 aromatic carbocycles. The Hall–Kier alpha value is -2.00. The Morgan fingerprint density at radius 2 is 1.90 bits per heavy atom. The first-order valence-electron chi connectivity index (χ1n) is 10.1. The van der Waals surface area contributed by atoms with Crippen LogP contribution < -0.4 is 4.90 Å². The van der Waals surface area contributed by atoms with E-state index in [0.717, 1.165) is 40.7 Å². The summed E-state index contributed by atoms with van der Waals surface area (Å²) in [5.41, 5.74) is 3.01. The predicted molar refractivity (Wildman–Crippen MR) is 130 cm³/mol. The van der Waals surface area contributed by atoms with Gasteiger partial charge in [-0.1, -0.05) is 70.2 Å². The van der Waals surface area contributed by atoms with Crippen LogP contribution in [0.2, 0.25) is 0 Å². The molecule has 0 spiro atoms. The van der Waals surface area contributed by atoms with Crippen LogP contribution in [0.25, 0.3) is 5.57 Å². The molecule has 0 saturated carbocycles. The van der Waals surface area contributed by atoms with Crippen molar-refractivity contribution in [3.05, 3.63) is 69.0 Å². The summed E-state index contributed by atoms with van der Waals surface area (Å²) in [6.07, 6.45) is 1.92. The van der Waals surface area contributed by atoms with Gasteiger partial charge in [0.1, 0.15) is 4.32 Å². The molecule has 2 fully saturated rings. The Morgan fingerprint density at radius 1 is 1.10 bits per heavy atom. The van der Waals surface area contributed by atoms with Gasteiger partial charge in [0.15, 0.2) is 0 Å². The average molecular weight is 515 g/mol. The van der Waals surface area contributed by atoms with E-state index < -0.39 is 0 Å². The number of halogens is 1. The lowest BCUT2D eigenvalue weighted by molar-refractivity contribution is -0.123. The van der Waals surface area contributed by atoms with Gasteiger partial charge in [-0.2, -0.15) is 0 Å². The first-order valence-corrected chi connectivity index (χ1v) is 12.1. The summed E-state index contributed by atoms with van der Waals surface area (Å²) in [5.74, 6) is -0.379. The third-order valence-corrected chi connectivity index (χ3v) is 7.59. The molecule has 3 heterocycles. The van der Waals surface area contributed by atoms with Gasteiger partial charge in [0.05, 0.1) is 35.4 Å². The van der Waals surface area contributed by atoms with E-state index >= 15 is 0 Å². The van der Waals surface area contributed by atoms with Gasteiger partial charge in [0.2, 0.25) is 0 Å². The second-order valence-electron chi connectivity index (χ2n) is 7.66. The Morgan fingerprint density at radius 3 is 2.65 bits per heavy atom. The number of nitrogens with zero attached hydrogens (tertiary/aromatic N) is 2. The van der Waals surface area contributed by atoms with E-state index in [-0.39, 0.29) is 17.9 Å². The molecular formula is C23H19BrN2O3S2. The maximum atomic E-state index is 13.6. The summed E-state index contributed by atoms with van der Waals surface area (Å²) in [4.78, 5) is 30.6. The molecule has 158 valence electrons. The van der Waals surface area contributed by atoms with E-state index in [9.17, 15) is 9.59 Å². The molecule has 0 aromatic heterocycles. The van der Waals surface area contributed by atoms with Crippen molar-refractivity contribution in [2.45, 2.75) is 25.5 Å². The molecule has 1 atom stereocenters. The number of benzene rings is 2. The zero-order chi connectivity index (χ0) is 21.5. The van der Waals surface area contributed by atoms with E-state index in [2.05, 4.69) is 15.9 Å². The molecule has 5 rings (SSSR count). The van der Waals surface area contributed by atoms with Crippen molar-refractivity contribution in [3.8, 4) is 0 Å². The van der Waals surface area contributed by atoms with Crippen LogP contribution in [0, 0.1) is 0 Å². The summed E-state index contributed by atoms with van der Waals surface area (Å²) >= 11 is 10.2. The minimum absolute atomic E-state index is 0.00198. The number of rotatable bonds is 4. The van der Waals surface area contributed by atoms with Gasteiger partial charge >= 0.3 is 0 Å². The summed E-state index contributed by atoms with van der Waals surface area (Å²) in [5, 5.41) is 0. The van der Waals surface area contributed by atoms with E-state index in [4.69, 9.17) is 17.0 Å². The minimum atomic E-state index is -0.207. The molecule has 3 aliphatic heterocycles. The topological polar surface area (TPSA) is 49.9 Å². The van der Waals surface area contributed by atoms with Crippen molar-refractivity contribution < 1.29 is 14.3 Å². The monoisotopic (exact) mass is 514 g/mol.